The monoisotopic (exact) mass is 421 g/mol. The van der Waals surface area contributed by atoms with Crippen molar-refractivity contribution in [1.29, 1.82) is 0 Å². The Bertz CT molecular complexity index is 1070. The Labute approximate surface area is 183 Å². The number of anilines is 1. The van der Waals surface area contributed by atoms with Crippen molar-refractivity contribution < 1.29 is 4.74 Å². The fourth-order valence-electron chi connectivity index (χ4n) is 4.73. The lowest BCUT2D eigenvalue weighted by Crippen LogP contribution is -2.44. The Morgan fingerprint density at radius 3 is 2.87 bits per heavy atom. The van der Waals surface area contributed by atoms with Crippen molar-refractivity contribution >= 4 is 16.7 Å². The smallest absolute Gasteiger partial charge is 0.213 e. The molecular weight excluding hydrogens is 390 g/mol. The molecule has 1 fully saturated rings. The fraction of sp³-hybridized carbons (Fsp3) is 0.522. The van der Waals surface area contributed by atoms with Crippen LogP contribution in [0.3, 0.4) is 0 Å². The predicted molar refractivity (Wildman–Crippen MR) is 122 cm³/mol. The van der Waals surface area contributed by atoms with Crippen LogP contribution in [0.25, 0.3) is 11.0 Å². The summed E-state index contributed by atoms with van der Waals surface area (Å²) in [5.74, 6) is 1.13. The van der Waals surface area contributed by atoms with Gasteiger partial charge >= 0.3 is 0 Å². The van der Waals surface area contributed by atoms with Crippen LogP contribution in [0.5, 0.6) is 5.88 Å². The average Bonchev–Trinajstić information content (AvgIpc) is 3.14. The Morgan fingerprint density at radius 2 is 2.03 bits per heavy atom. The third-order valence-electron chi connectivity index (χ3n) is 6.40. The normalized spacial score (nSPS) is 19.6. The minimum Gasteiger partial charge on any atom is -0.476 e. The second kappa shape index (κ2) is 8.43. The predicted octanol–water partition coefficient (Wildman–Crippen LogP) is 2.08. The second-order valence-electron chi connectivity index (χ2n) is 8.73. The van der Waals surface area contributed by atoms with Gasteiger partial charge in [-0.1, -0.05) is 6.92 Å². The molecule has 8 heteroatoms. The van der Waals surface area contributed by atoms with Gasteiger partial charge in [-0.05, 0) is 30.0 Å². The molecular formula is C23H31N7O. The molecule has 31 heavy (non-hydrogen) atoms. The van der Waals surface area contributed by atoms with Gasteiger partial charge in [-0.3, -0.25) is 9.58 Å². The van der Waals surface area contributed by atoms with E-state index in [2.05, 4.69) is 49.2 Å². The van der Waals surface area contributed by atoms with Crippen LogP contribution < -0.4 is 15.0 Å². The van der Waals surface area contributed by atoms with Crippen LogP contribution in [-0.4, -0.2) is 70.5 Å². The van der Waals surface area contributed by atoms with Gasteiger partial charge in [0.2, 0.25) is 5.88 Å². The molecule has 1 atom stereocenters. The second-order valence-corrected chi connectivity index (χ2v) is 8.73. The largest absolute Gasteiger partial charge is 0.476 e. The molecule has 0 unspecified atom stereocenters. The molecule has 0 aliphatic carbocycles. The number of hydrogen-bond acceptors (Lipinski definition) is 7. The first-order valence-electron chi connectivity index (χ1n) is 11.2. The molecule has 3 aromatic heterocycles. The molecule has 5 rings (SSSR count). The van der Waals surface area contributed by atoms with E-state index in [9.17, 15) is 0 Å². The average molecular weight is 422 g/mol. The lowest BCUT2D eigenvalue weighted by atomic mass is 9.92. The van der Waals surface area contributed by atoms with Gasteiger partial charge in [-0.25, -0.2) is 9.97 Å². The number of nitrogens with zero attached hydrogens (tertiary/aromatic N) is 6. The number of piperazine rings is 1. The van der Waals surface area contributed by atoms with Crippen LogP contribution in [0.15, 0.2) is 24.5 Å². The van der Waals surface area contributed by atoms with E-state index in [1.807, 2.05) is 31.0 Å². The molecule has 1 N–H and O–H groups in total. The standard InChI is InChI=1S/C23H31N7O/c1-16-14-30(21-10-17(2)27-23-20(21)13-26-28(23)3)15-18-12-25-22(11-19(16)18)31-9-8-29-6-4-24-5-7-29/h10-13,16,24H,4-9,14-15H2,1-3H3/t16-/m0/s1. The van der Waals surface area contributed by atoms with Gasteiger partial charge in [-0.15, -0.1) is 0 Å². The fourth-order valence-corrected chi connectivity index (χ4v) is 4.73. The minimum absolute atomic E-state index is 0.391. The molecule has 0 amide bonds. The van der Waals surface area contributed by atoms with E-state index in [0.29, 0.717) is 12.5 Å². The zero-order valence-electron chi connectivity index (χ0n) is 18.6. The van der Waals surface area contributed by atoms with E-state index in [0.717, 1.165) is 68.4 Å². The van der Waals surface area contributed by atoms with Crippen LogP contribution >= 0.6 is 0 Å². The summed E-state index contributed by atoms with van der Waals surface area (Å²) in [5.41, 5.74) is 5.75. The molecule has 0 bridgehead atoms. The van der Waals surface area contributed by atoms with Crippen LogP contribution in [0, 0.1) is 6.92 Å². The number of aromatic nitrogens is 4. The lowest BCUT2D eigenvalue weighted by molar-refractivity contribution is 0.188. The van der Waals surface area contributed by atoms with Crippen molar-refractivity contribution in [3.8, 4) is 5.88 Å². The summed E-state index contributed by atoms with van der Waals surface area (Å²) in [6.07, 6.45) is 3.91. The molecule has 5 heterocycles. The van der Waals surface area contributed by atoms with E-state index in [-0.39, 0.29) is 0 Å². The molecule has 0 saturated carbocycles. The molecule has 1 saturated heterocycles. The van der Waals surface area contributed by atoms with Gasteiger partial charge < -0.3 is 15.0 Å². The Hall–Kier alpha value is -2.71. The molecule has 164 valence electrons. The van der Waals surface area contributed by atoms with Crippen molar-refractivity contribution in [2.45, 2.75) is 26.3 Å². The van der Waals surface area contributed by atoms with Gasteiger partial charge in [0, 0.05) is 70.8 Å². The van der Waals surface area contributed by atoms with Gasteiger partial charge in [0.15, 0.2) is 5.65 Å². The maximum absolute atomic E-state index is 6.00. The number of pyridine rings is 2. The third kappa shape index (κ3) is 4.09. The number of ether oxygens (including phenoxy) is 1. The number of nitrogens with one attached hydrogen (secondary N) is 1. The van der Waals surface area contributed by atoms with Crippen LogP contribution in [0.2, 0.25) is 0 Å². The molecule has 2 aliphatic heterocycles. The van der Waals surface area contributed by atoms with Crippen LogP contribution in [-0.2, 0) is 13.6 Å². The summed E-state index contributed by atoms with van der Waals surface area (Å²) >= 11 is 0. The summed E-state index contributed by atoms with van der Waals surface area (Å²) in [4.78, 5) is 14.1. The highest BCUT2D eigenvalue weighted by molar-refractivity contribution is 5.89. The van der Waals surface area contributed by atoms with E-state index < -0.39 is 0 Å². The lowest BCUT2D eigenvalue weighted by Gasteiger charge is -2.35. The van der Waals surface area contributed by atoms with Crippen molar-refractivity contribution in [3.63, 3.8) is 0 Å². The molecule has 2 aliphatic rings. The highest BCUT2D eigenvalue weighted by Gasteiger charge is 2.25. The molecule has 3 aromatic rings. The molecule has 8 nitrogen and oxygen atoms in total. The van der Waals surface area contributed by atoms with Gasteiger partial charge in [0.05, 0.1) is 17.3 Å². The summed E-state index contributed by atoms with van der Waals surface area (Å²) in [5, 5.41) is 8.91. The first-order chi connectivity index (χ1) is 15.1. The van der Waals surface area contributed by atoms with Gasteiger partial charge in [0.1, 0.15) is 6.61 Å². The number of aryl methyl sites for hydroxylation is 2. The summed E-state index contributed by atoms with van der Waals surface area (Å²) < 4.78 is 7.85. The van der Waals surface area contributed by atoms with E-state index in [1.54, 1.807) is 0 Å². The molecule has 0 spiro atoms. The first-order valence-corrected chi connectivity index (χ1v) is 11.2. The highest BCUT2D eigenvalue weighted by atomic mass is 16.5. The SMILES string of the molecule is Cc1cc(N2Cc3cnc(OCCN4CCNCC4)cc3[C@@H](C)C2)c2cnn(C)c2n1. The topological polar surface area (TPSA) is 71.3 Å². The third-order valence-corrected chi connectivity index (χ3v) is 6.40. The Morgan fingerprint density at radius 1 is 1.19 bits per heavy atom. The minimum atomic E-state index is 0.391. The van der Waals surface area contributed by atoms with Crippen molar-refractivity contribution in [1.82, 2.24) is 30.0 Å². The van der Waals surface area contributed by atoms with Crippen molar-refractivity contribution in [2.24, 2.45) is 7.05 Å². The number of hydrogen-bond donors (Lipinski definition) is 1. The molecule has 0 aromatic carbocycles. The quantitative estimate of drug-likeness (QED) is 0.676. The van der Waals surface area contributed by atoms with Gasteiger partial charge in [-0.2, -0.15) is 5.10 Å². The zero-order chi connectivity index (χ0) is 21.4. The Balaban J connectivity index is 1.31. The van der Waals surface area contributed by atoms with E-state index in [4.69, 9.17) is 4.74 Å². The van der Waals surface area contributed by atoms with Gasteiger partial charge in [0.25, 0.3) is 0 Å². The van der Waals surface area contributed by atoms with Crippen LogP contribution in [0.4, 0.5) is 5.69 Å². The number of fused-ring (bicyclic) bond motifs is 2. The first kappa shape index (κ1) is 20.2. The van der Waals surface area contributed by atoms with E-state index >= 15 is 0 Å². The highest BCUT2D eigenvalue weighted by Crippen LogP contribution is 2.35. The Kier molecular flexibility index (Phi) is 5.50. The summed E-state index contributed by atoms with van der Waals surface area (Å²) in [6.45, 7) is 12.0. The van der Waals surface area contributed by atoms with Crippen molar-refractivity contribution in [2.75, 3.05) is 50.8 Å². The zero-order valence-corrected chi connectivity index (χ0v) is 18.6. The summed E-state index contributed by atoms with van der Waals surface area (Å²) in [7, 11) is 1.94. The number of rotatable bonds is 5. The maximum atomic E-state index is 6.00. The van der Waals surface area contributed by atoms with E-state index in [1.165, 1.54) is 16.8 Å². The summed E-state index contributed by atoms with van der Waals surface area (Å²) in [6, 6.07) is 4.31. The van der Waals surface area contributed by atoms with Crippen LogP contribution in [0.1, 0.15) is 29.7 Å². The van der Waals surface area contributed by atoms with Crippen molar-refractivity contribution in [3.05, 3.63) is 41.3 Å². The molecule has 0 radical (unpaired) electrons. The maximum Gasteiger partial charge on any atom is 0.213 e.